The van der Waals surface area contributed by atoms with Crippen molar-refractivity contribution in [3.8, 4) is 0 Å². The second kappa shape index (κ2) is 8.32. The second-order valence-corrected chi connectivity index (χ2v) is 6.63. The molecule has 118 valence electrons. The summed E-state index contributed by atoms with van der Waals surface area (Å²) in [6.45, 7) is 14.6. The van der Waals surface area contributed by atoms with Gasteiger partial charge >= 0.3 is 0 Å². The van der Waals surface area contributed by atoms with Crippen LogP contribution in [-0.2, 0) is 4.74 Å². The molecule has 0 aromatic rings. The van der Waals surface area contributed by atoms with E-state index in [9.17, 15) is 0 Å². The summed E-state index contributed by atoms with van der Waals surface area (Å²) in [7, 11) is 0. The largest absolute Gasteiger partial charge is 0.374 e. The lowest BCUT2D eigenvalue weighted by Gasteiger charge is -2.38. The van der Waals surface area contributed by atoms with Gasteiger partial charge in [0.1, 0.15) is 0 Å². The van der Waals surface area contributed by atoms with Gasteiger partial charge in [-0.05, 0) is 46.2 Å². The van der Waals surface area contributed by atoms with Gasteiger partial charge in [-0.2, -0.15) is 0 Å². The molecule has 0 aliphatic carbocycles. The van der Waals surface area contributed by atoms with E-state index in [2.05, 4.69) is 35.9 Å². The quantitative estimate of drug-likeness (QED) is 0.767. The number of hydrogen-bond donors (Lipinski definition) is 1. The number of hydrogen-bond acceptors (Lipinski definition) is 4. The molecule has 0 spiro atoms. The van der Waals surface area contributed by atoms with Crippen LogP contribution in [-0.4, -0.2) is 73.9 Å². The van der Waals surface area contributed by atoms with E-state index in [0.29, 0.717) is 18.2 Å². The molecule has 4 nitrogen and oxygen atoms in total. The van der Waals surface area contributed by atoms with E-state index in [1.54, 1.807) is 0 Å². The molecule has 2 unspecified atom stereocenters. The molecule has 2 aliphatic rings. The highest BCUT2D eigenvalue weighted by Gasteiger charge is 2.25. The van der Waals surface area contributed by atoms with Crippen molar-refractivity contribution in [3.05, 3.63) is 0 Å². The predicted octanol–water partition coefficient (Wildman–Crippen LogP) is 1.56. The molecule has 1 N–H and O–H groups in total. The van der Waals surface area contributed by atoms with Crippen molar-refractivity contribution in [2.75, 3.05) is 45.9 Å². The summed E-state index contributed by atoms with van der Waals surface area (Å²) in [4.78, 5) is 5.16. The number of nitrogens with zero attached hydrogens (tertiary/aromatic N) is 2. The van der Waals surface area contributed by atoms with Crippen LogP contribution in [0, 0.1) is 0 Å². The monoisotopic (exact) mass is 283 g/mol. The van der Waals surface area contributed by atoms with E-state index >= 15 is 0 Å². The van der Waals surface area contributed by atoms with Crippen molar-refractivity contribution < 1.29 is 4.74 Å². The van der Waals surface area contributed by atoms with Crippen molar-refractivity contribution in [2.24, 2.45) is 0 Å². The molecule has 0 amide bonds. The van der Waals surface area contributed by atoms with Crippen LogP contribution in [0.15, 0.2) is 0 Å². The minimum absolute atomic E-state index is 0.388. The smallest absolute Gasteiger partial charge is 0.0829 e. The van der Waals surface area contributed by atoms with E-state index in [4.69, 9.17) is 4.74 Å². The molecule has 2 fully saturated rings. The van der Waals surface area contributed by atoms with Crippen molar-refractivity contribution in [3.63, 3.8) is 0 Å². The number of rotatable bonds is 7. The van der Waals surface area contributed by atoms with Crippen LogP contribution < -0.4 is 5.32 Å². The van der Waals surface area contributed by atoms with Crippen molar-refractivity contribution >= 4 is 0 Å². The molecule has 0 bridgehead atoms. The van der Waals surface area contributed by atoms with Crippen LogP contribution >= 0.6 is 0 Å². The Morgan fingerprint density at radius 1 is 1.35 bits per heavy atom. The Bertz CT molecular complexity index is 266. The van der Waals surface area contributed by atoms with Crippen LogP contribution in [0.25, 0.3) is 0 Å². The Morgan fingerprint density at radius 3 is 2.85 bits per heavy atom. The Morgan fingerprint density at radius 2 is 2.20 bits per heavy atom. The maximum absolute atomic E-state index is 6.00. The molecule has 0 radical (unpaired) electrons. The van der Waals surface area contributed by atoms with Gasteiger partial charge in [-0.3, -0.25) is 9.80 Å². The Balaban J connectivity index is 1.80. The predicted molar refractivity (Wildman–Crippen MR) is 84.2 cm³/mol. The summed E-state index contributed by atoms with van der Waals surface area (Å²) < 4.78 is 6.00. The maximum Gasteiger partial charge on any atom is 0.0829 e. The lowest BCUT2D eigenvalue weighted by Crippen LogP contribution is -2.51. The van der Waals surface area contributed by atoms with Crippen molar-refractivity contribution in [2.45, 2.75) is 58.2 Å². The van der Waals surface area contributed by atoms with E-state index in [-0.39, 0.29) is 0 Å². The molecular weight excluding hydrogens is 250 g/mol. The van der Waals surface area contributed by atoms with Gasteiger partial charge in [0.15, 0.2) is 0 Å². The molecular formula is C16H33N3O. The summed E-state index contributed by atoms with van der Waals surface area (Å²) in [6.07, 6.45) is 4.29. The Hall–Kier alpha value is -0.160. The van der Waals surface area contributed by atoms with E-state index < -0.39 is 0 Å². The van der Waals surface area contributed by atoms with E-state index in [0.717, 1.165) is 26.2 Å². The molecule has 0 aromatic heterocycles. The Kier molecular flexibility index (Phi) is 6.75. The lowest BCUT2D eigenvalue weighted by molar-refractivity contribution is -0.0527. The fourth-order valence-corrected chi connectivity index (χ4v) is 3.41. The summed E-state index contributed by atoms with van der Waals surface area (Å²) in [6, 6.07) is 1.34. The average molecular weight is 283 g/mol. The number of morpholine rings is 1. The topological polar surface area (TPSA) is 27.7 Å². The minimum Gasteiger partial charge on any atom is -0.374 e. The third-order valence-corrected chi connectivity index (χ3v) is 4.54. The van der Waals surface area contributed by atoms with E-state index in [1.165, 1.54) is 38.9 Å². The summed E-state index contributed by atoms with van der Waals surface area (Å²) >= 11 is 0. The van der Waals surface area contributed by atoms with E-state index in [1.807, 2.05) is 0 Å². The normalized spacial score (nSPS) is 28.6. The third kappa shape index (κ3) is 4.99. The third-order valence-electron chi connectivity index (χ3n) is 4.54. The van der Waals surface area contributed by atoms with Gasteiger partial charge in [-0.1, -0.05) is 6.92 Å². The first kappa shape index (κ1) is 16.2. The fourth-order valence-electron chi connectivity index (χ4n) is 3.41. The Labute approximate surface area is 124 Å². The first-order valence-electron chi connectivity index (χ1n) is 8.50. The molecule has 4 heteroatoms. The second-order valence-electron chi connectivity index (χ2n) is 6.63. The summed E-state index contributed by atoms with van der Waals surface area (Å²) in [5.74, 6) is 0. The van der Waals surface area contributed by atoms with Gasteiger partial charge < -0.3 is 10.1 Å². The van der Waals surface area contributed by atoms with Crippen LogP contribution in [0.2, 0.25) is 0 Å². The molecule has 2 rings (SSSR count). The maximum atomic E-state index is 6.00. The lowest BCUT2D eigenvalue weighted by atomic mass is 10.1. The molecule has 2 saturated heterocycles. The van der Waals surface area contributed by atoms with Gasteiger partial charge in [-0.15, -0.1) is 0 Å². The highest BCUT2D eigenvalue weighted by atomic mass is 16.5. The van der Waals surface area contributed by atoms with Gasteiger partial charge in [0, 0.05) is 38.3 Å². The zero-order chi connectivity index (χ0) is 14.4. The number of nitrogens with one attached hydrogen (secondary N) is 1. The van der Waals surface area contributed by atoms with Gasteiger partial charge in [0.2, 0.25) is 0 Å². The van der Waals surface area contributed by atoms with Crippen LogP contribution in [0.5, 0.6) is 0 Å². The fraction of sp³-hybridized carbons (Fsp3) is 1.00. The SMILES string of the molecule is CCCN(CC1CCCN1)CC1CN(C(C)C)CCO1. The van der Waals surface area contributed by atoms with Crippen LogP contribution in [0.4, 0.5) is 0 Å². The highest BCUT2D eigenvalue weighted by Crippen LogP contribution is 2.12. The molecule has 2 aliphatic heterocycles. The first-order valence-corrected chi connectivity index (χ1v) is 8.50. The van der Waals surface area contributed by atoms with Crippen LogP contribution in [0.3, 0.4) is 0 Å². The zero-order valence-electron chi connectivity index (χ0n) is 13.6. The standard InChI is InChI=1S/C16H33N3O/c1-4-8-18(11-15-6-5-7-17-15)12-16-13-19(14(2)3)9-10-20-16/h14-17H,4-13H2,1-3H3. The average Bonchev–Trinajstić information content (AvgIpc) is 2.92. The first-order chi connectivity index (χ1) is 9.69. The molecule has 0 aromatic carbocycles. The van der Waals surface area contributed by atoms with Gasteiger partial charge in [-0.25, -0.2) is 0 Å². The molecule has 0 saturated carbocycles. The minimum atomic E-state index is 0.388. The summed E-state index contributed by atoms with van der Waals surface area (Å²) in [5.41, 5.74) is 0. The van der Waals surface area contributed by atoms with Gasteiger partial charge in [0.25, 0.3) is 0 Å². The van der Waals surface area contributed by atoms with Crippen LogP contribution in [0.1, 0.15) is 40.0 Å². The molecule has 2 heterocycles. The van der Waals surface area contributed by atoms with Gasteiger partial charge in [0.05, 0.1) is 12.7 Å². The molecule has 2 atom stereocenters. The van der Waals surface area contributed by atoms with Crippen molar-refractivity contribution in [1.29, 1.82) is 0 Å². The molecule has 20 heavy (non-hydrogen) atoms. The number of ether oxygens (including phenoxy) is 1. The van der Waals surface area contributed by atoms with Crippen molar-refractivity contribution in [1.82, 2.24) is 15.1 Å². The highest BCUT2D eigenvalue weighted by molar-refractivity contribution is 4.81. The zero-order valence-corrected chi connectivity index (χ0v) is 13.6. The summed E-state index contributed by atoms with van der Waals surface area (Å²) in [5, 5.41) is 3.62.